The van der Waals surface area contributed by atoms with Gasteiger partial charge in [0.1, 0.15) is 5.75 Å². The second-order valence-electron chi connectivity index (χ2n) is 5.81. The third kappa shape index (κ3) is 5.16. The Labute approximate surface area is 152 Å². The molecule has 8 heteroatoms. The fraction of sp³-hybridized carbons (Fsp3) is 0.529. The van der Waals surface area contributed by atoms with Crippen LogP contribution in [0.1, 0.15) is 18.1 Å². The molecule has 138 valence electrons. The highest BCUT2D eigenvalue weighted by Crippen LogP contribution is 2.25. The molecule has 1 aromatic carbocycles. The molecule has 7 nitrogen and oxygen atoms in total. The van der Waals surface area contributed by atoms with Gasteiger partial charge in [-0.15, -0.1) is 0 Å². The minimum Gasteiger partial charge on any atom is -0.473 e. The molecule has 0 spiro atoms. The highest BCUT2D eigenvalue weighted by Gasteiger charge is 2.24. The van der Waals surface area contributed by atoms with Crippen molar-refractivity contribution in [2.45, 2.75) is 20.8 Å². The van der Waals surface area contributed by atoms with Crippen LogP contribution >= 0.6 is 11.6 Å². The van der Waals surface area contributed by atoms with Crippen molar-refractivity contribution in [3.05, 3.63) is 28.3 Å². The number of piperazine rings is 1. The molecule has 1 fully saturated rings. The number of hydrogen-bond acceptors (Lipinski definition) is 4. The normalized spacial score (nSPS) is 14.2. The highest BCUT2D eigenvalue weighted by atomic mass is 35.5. The third-order valence-electron chi connectivity index (χ3n) is 3.97. The summed E-state index contributed by atoms with van der Waals surface area (Å²) in [4.78, 5) is 27.0. The molecule has 1 N–H and O–H groups in total. The molecule has 1 aliphatic heterocycles. The summed E-state index contributed by atoms with van der Waals surface area (Å²) in [5.74, 6) is 0.659. The summed E-state index contributed by atoms with van der Waals surface area (Å²) in [6.07, 6.45) is -0.334. The van der Waals surface area contributed by atoms with Crippen LogP contribution in [-0.2, 0) is 4.74 Å². The number of amides is 3. The molecule has 1 saturated heterocycles. The van der Waals surface area contributed by atoms with E-state index in [1.807, 2.05) is 26.0 Å². The number of hydrogen-bond donors (Lipinski definition) is 1. The summed E-state index contributed by atoms with van der Waals surface area (Å²) in [6.45, 7) is 7.84. The van der Waals surface area contributed by atoms with Crippen molar-refractivity contribution in [1.29, 1.82) is 0 Å². The van der Waals surface area contributed by atoms with Gasteiger partial charge in [-0.2, -0.15) is 0 Å². The molecule has 0 aliphatic carbocycles. The van der Waals surface area contributed by atoms with Crippen LogP contribution in [0.4, 0.5) is 9.59 Å². The Bertz CT molecular complexity index is 607. The maximum absolute atomic E-state index is 12.2. The molecule has 2 rings (SSSR count). The lowest BCUT2D eigenvalue weighted by Gasteiger charge is -2.33. The lowest BCUT2D eigenvalue weighted by Crippen LogP contribution is -2.53. The molecule has 0 unspecified atom stereocenters. The van der Waals surface area contributed by atoms with Crippen LogP contribution in [-0.4, -0.2) is 61.4 Å². The van der Waals surface area contributed by atoms with Crippen LogP contribution in [0.5, 0.6) is 5.75 Å². The number of ether oxygens (including phenoxy) is 2. The molecule has 0 bridgehead atoms. The summed E-state index contributed by atoms with van der Waals surface area (Å²) < 4.78 is 10.5. The Hall–Kier alpha value is -2.15. The highest BCUT2D eigenvalue weighted by molar-refractivity contribution is 6.32. The summed E-state index contributed by atoms with van der Waals surface area (Å²) in [5, 5.41) is 3.44. The first-order valence-corrected chi connectivity index (χ1v) is 8.64. The van der Waals surface area contributed by atoms with E-state index in [9.17, 15) is 9.59 Å². The SMILES string of the molecule is CCOC(=O)N1CCN(C(=O)NCOc2cc(C)c(Cl)c(C)c2)CC1. The van der Waals surface area contributed by atoms with Crippen LogP contribution in [0.25, 0.3) is 0 Å². The monoisotopic (exact) mass is 369 g/mol. The maximum Gasteiger partial charge on any atom is 0.409 e. The van der Waals surface area contributed by atoms with E-state index in [0.29, 0.717) is 38.5 Å². The number of nitrogens with one attached hydrogen (secondary N) is 1. The molecule has 1 aromatic rings. The number of halogens is 1. The summed E-state index contributed by atoms with van der Waals surface area (Å²) in [6, 6.07) is 3.45. The quantitative estimate of drug-likeness (QED) is 0.828. The van der Waals surface area contributed by atoms with Crippen LogP contribution in [0, 0.1) is 13.8 Å². The van der Waals surface area contributed by atoms with Crippen LogP contribution in [0.15, 0.2) is 12.1 Å². The molecule has 25 heavy (non-hydrogen) atoms. The van der Waals surface area contributed by atoms with Gasteiger partial charge in [-0.1, -0.05) is 11.6 Å². The zero-order chi connectivity index (χ0) is 18.4. The Morgan fingerprint density at radius 1 is 1.12 bits per heavy atom. The Balaban J connectivity index is 1.75. The average molecular weight is 370 g/mol. The molecule has 0 saturated carbocycles. The maximum atomic E-state index is 12.2. The number of rotatable bonds is 4. The van der Waals surface area contributed by atoms with Crippen LogP contribution in [0.3, 0.4) is 0 Å². The fourth-order valence-corrected chi connectivity index (χ4v) is 2.70. The zero-order valence-corrected chi connectivity index (χ0v) is 15.6. The first-order chi connectivity index (χ1) is 11.9. The van der Waals surface area contributed by atoms with Gasteiger partial charge in [-0.25, -0.2) is 9.59 Å². The van der Waals surface area contributed by atoms with E-state index >= 15 is 0 Å². The summed E-state index contributed by atoms with van der Waals surface area (Å²) >= 11 is 6.12. The van der Waals surface area contributed by atoms with Crippen LogP contribution in [0.2, 0.25) is 5.02 Å². The molecule has 1 aliphatic rings. The number of carbonyl (C=O) groups is 2. The summed E-state index contributed by atoms with van der Waals surface area (Å²) in [7, 11) is 0. The second kappa shape index (κ2) is 8.80. The van der Waals surface area contributed by atoms with Gasteiger partial charge in [0.25, 0.3) is 0 Å². The largest absolute Gasteiger partial charge is 0.473 e. The van der Waals surface area contributed by atoms with E-state index < -0.39 is 0 Å². The predicted octanol–water partition coefficient (Wildman–Crippen LogP) is 2.78. The van der Waals surface area contributed by atoms with Gasteiger partial charge >= 0.3 is 12.1 Å². The van der Waals surface area contributed by atoms with Crippen molar-refractivity contribution < 1.29 is 19.1 Å². The lowest BCUT2D eigenvalue weighted by molar-refractivity contribution is 0.0843. The van der Waals surface area contributed by atoms with Crippen molar-refractivity contribution in [2.24, 2.45) is 0 Å². The van der Waals surface area contributed by atoms with Crippen molar-refractivity contribution in [1.82, 2.24) is 15.1 Å². The average Bonchev–Trinajstić information content (AvgIpc) is 2.60. The van der Waals surface area contributed by atoms with Gasteiger partial charge in [-0.3, -0.25) is 0 Å². The molecule has 0 atom stereocenters. The van der Waals surface area contributed by atoms with Crippen molar-refractivity contribution in [2.75, 3.05) is 39.5 Å². The molecule has 1 heterocycles. The first-order valence-electron chi connectivity index (χ1n) is 8.26. The van der Waals surface area contributed by atoms with Gasteiger partial charge in [0.2, 0.25) is 0 Å². The smallest absolute Gasteiger partial charge is 0.409 e. The van der Waals surface area contributed by atoms with E-state index in [4.69, 9.17) is 21.1 Å². The lowest BCUT2D eigenvalue weighted by atomic mass is 10.1. The number of carbonyl (C=O) groups excluding carboxylic acids is 2. The second-order valence-corrected chi connectivity index (χ2v) is 6.19. The minimum atomic E-state index is -0.334. The van der Waals surface area contributed by atoms with E-state index in [2.05, 4.69) is 5.32 Å². The predicted molar refractivity (Wildman–Crippen MR) is 95.1 cm³/mol. The first kappa shape index (κ1) is 19.2. The van der Waals surface area contributed by atoms with Crippen molar-refractivity contribution >= 4 is 23.7 Å². The van der Waals surface area contributed by atoms with E-state index in [1.165, 1.54) is 0 Å². The zero-order valence-electron chi connectivity index (χ0n) is 14.8. The summed E-state index contributed by atoms with van der Waals surface area (Å²) in [5.41, 5.74) is 1.86. The van der Waals surface area contributed by atoms with Crippen molar-refractivity contribution in [3.8, 4) is 5.75 Å². The van der Waals surface area contributed by atoms with Crippen LogP contribution < -0.4 is 10.1 Å². The van der Waals surface area contributed by atoms with Gasteiger partial charge < -0.3 is 24.6 Å². The minimum absolute atomic E-state index is 0.0669. The third-order valence-corrected chi connectivity index (χ3v) is 4.56. The van der Waals surface area contributed by atoms with Gasteiger partial charge in [-0.05, 0) is 44.0 Å². The fourth-order valence-electron chi connectivity index (χ4n) is 2.59. The molecule has 3 amide bonds. The Morgan fingerprint density at radius 3 is 2.24 bits per heavy atom. The van der Waals surface area contributed by atoms with E-state index in [1.54, 1.807) is 16.7 Å². The van der Waals surface area contributed by atoms with Crippen molar-refractivity contribution in [3.63, 3.8) is 0 Å². The Morgan fingerprint density at radius 2 is 1.68 bits per heavy atom. The molecule has 0 radical (unpaired) electrons. The van der Waals surface area contributed by atoms with E-state index in [-0.39, 0.29) is 18.9 Å². The van der Waals surface area contributed by atoms with E-state index in [0.717, 1.165) is 16.1 Å². The molecular weight excluding hydrogens is 346 g/mol. The Kier molecular flexibility index (Phi) is 6.75. The van der Waals surface area contributed by atoms with Gasteiger partial charge in [0.15, 0.2) is 6.73 Å². The standard InChI is InChI=1S/C17H24ClN3O4/c1-4-24-17(23)21-7-5-20(6-8-21)16(22)19-11-25-14-9-12(2)15(18)13(3)10-14/h9-10H,4-8,11H2,1-3H3,(H,19,22). The van der Waals surface area contributed by atoms with Gasteiger partial charge in [0.05, 0.1) is 6.61 Å². The molecule has 0 aromatic heterocycles. The number of benzene rings is 1. The molecular formula is C17H24ClN3O4. The number of nitrogens with zero attached hydrogens (tertiary/aromatic N) is 2. The topological polar surface area (TPSA) is 71.1 Å². The number of urea groups is 1. The number of aryl methyl sites for hydroxylation is 2. The van der Waals surface area contributed by atoms with Gasteiger partial charge in [0, 0.05) is 31.2 Å².